The van der Waals surface area contributed by atoms with Crippen LogP contribution in [0.2, 0.25) is 5.02 Å². The summed E-state index contributed by atoms with van der Waals surface area (Å²) in [7, 11) is 0.384. The third-order valence-corrected chi connectivity index (χ3v) is 9.42. The van der Waals surface area contributed by atoms with Crippen LogP contribution in [-0.2, 0) is 29.0 Å². The Morgan fingerprint density at radius 3 is 2.59 bits per heavy atom. The fraction of sp³-hybridized carbons (Fsp3) is 0.440. The van der Waals surface area contributed by atoms with E-state index in [1.807, 2.05) is 43.4 Å². The molecule has 3 aromatic rings. The molecule has 1 N–H and O–H groups in total. The lowest BCUT2D eigenvalue weighted by molar-refractivity contribution is 0.0242. The van der Waals surface area contributed by atoms with Gasteiger partial charge in [-0.2, -0.15) is 4.31 Å². The molecule has 1 saturated heterocycles. The lowest BCUT2D eigenvalue weighted by atomic mass is 9.70. The van der Waals surface area contributed by atoms with E-state index in [-0.39, 0.29) is 23.8 Å². The quantitative estimate of drug-likeness (QED) is 0.558. The topological polar surface area (TPSA) is 75.0 Å². The summed E-state index contributed by atoms with van der Waals surface area (Å²) >= 11 is 6.24. The number of ether oxygens (including phenoxy) is 1. The molecule has 0 saturated carbocycles. The van der Waals surface area contributed by atoms with Crippen molar-refractivity contribution in [2.75, 3.05) is 39.1 Å². The second kappa shape index (κ2) is 8.53. The van der Waals surface area contributed by atoms with E-state index in [1.54, 1.807) is 18.3 Å². The number of hydrogen-bond donors (Lipinski definition) is 1. The zero-order valence-electron chi connectivity index (χ0n) is 19.7. The van der Waals surface area contributed by atoms with Crippen LogP contribution in [0.25, 0.3) is 10.9 Å². The lowest BCUT2D eigenvalue weighted by Crippen LogP contribution is -2.67. The van der Waals surface area contributed by atoms with Gasteiger partial charge in [-0.25, -0.2) is 8.42 Å². The number of hydrogen-bond acceptors (Lipinski definition) is 5. The highest BCUT2D eigenvalue weighted by molar-refractivity contribution is 7.89. The molecule has 1 spiro atoms. The van der Waals surface area contributed by atoms with Gasteiger partial charge in [-0.15, -0.1) is 0 Å². The summed E-state index contributed by atoms with van der Waals surface area (Å²) in [6.07, 6.45) is 0. The smallest absolute Gasteiger partial charge is 0.213 e. The molecule has 2 aliphatic heterocycles. The molecule has 2 aliphatic rings. The van der Waals surface area contributed by atoms with Crippen molar-refractivity contribution in [2.24, 2.45) is 7.05 Å². The highest BCUT2D eigenvalue weighted by atomic mass is 35.5. The Bertz CT molecular complexity index is 1350. The molecule has 3 heterocycles. The maximum absolute atomic E-state index is 12.6. The van der Waals surface area contributed by atoms with Crippen molar-refractivity contribution in [1.29, 1.82) is 0 Å². The fourth-order valence-electron chi connectivity index (χ4n) is 5.77. The van der Waals surface area contributed by atoms with Gasteiger partial charge in [0.15, 0.2) is 0 Å². The van der Waals surface area contributed by atoms with Gasteiger partial charge < -0.3 is 14.4 Å². The Labute approximate surface area is 205 Å². The molecular formula is C25H30ClN3O4S. The van der Waals surface area contributed by atoms with Crippen molar-refractivity contribution in [3.05, 3.63) is 64.3 Å². The number of methoxy groups -OCH3 is 1. The van der Waals surface area contributed by atoms with E-state index >= 15 is 0 Å². The maximum atomic E-state index is 12.6. The second-order valence-electron chi connectivity index (χ2n) is 9.38. The molecule has 0 aliphatic carbocycles. The summed E-state index contributed by atoms with van der Waals surface area (Å²) in [5.74, 6) is 0.855. The Morgan fingerprint density at radius 2 is 1.94 bits per heavy atom. The molecule has 1 fully saturated rings. The van der Waals surface area contributed by atoms with Crippen molar-refractivity contribution >= 4 is 32.5 Å². The molecule has 1 atom stereocenters. The molecule has 9 heteroatoms. The van der Waals surface area contributed by atoms with E-state index in [2.05, 4.69) is 15.5 Å². The molecule has 0 unspecified atom stereocenters. The van der Waals surface area contributed by atoms with Crippen LogP contribution in [0.3, 0.4) is 0 Å². The van der Waals surface area contributed by atoms with E-state index in [0.717, 1.165) is 33.5 Å². The monoisotopic (exact) mass is 503 g/mol. The zero-order valence-corrected chi connectivity index (χ0v) is 21.2. The molecule has 34 heavy (non-hydrogen) atoms. The predicted octanol–water partition coefficient (Wildman–Crippen LogP) is 3.29. The first-order valence-electron chi connectivity index (χ1n) is 11.5. The van der Waals surface area contributed by atoms with Gasteiger partial charge in [-0.05, 0) is 42.3 Å². The molecule has 7 nitrogen and oxygen atoms in total. The number of benzene rings is 2. The number of fused-ring (bicyclic) bond motifs is 4. The summed E-state index contributed by atoms with van der Waals surface area (Å²) in [5, 5.41) is 12.3. The van der Waals surface area contributed by atoms with Crippen molar-refractivity contribution < 1.29 is 18.3 Å². The molecule has 0 amide bonds. The highest BCUT2D eigenvalue weighted by Crippen LogP contribution is 2.50. The van der Waals surface area contributed by atoms with Gasteiger partial charge in [0.05, 0.1) is 31.0 Å². The average molecular weight is 504 g/mol. The van der Waals surface area contributed by atoms with E-state index in [1.165, 1.54) is 0 Å². The van der Waals surface area contributed by atoms with Crippen molar-refractivity contribution in [3.8, 4) is 5.75 Å². The average Bonchev–Trinajstić information content (AvgIpc) is 3.09. The van der Waals surface area contributed by atoms with E-state index < -0.39 is 10.0 Å². The molecule has 0 bridgehead atoms. The molecular weight excluding hydrogens is 474 g/mol. The maximum Gasteiger partial charge on any atom is 0.213 e. The first-order valence-corrected chi connectivity index (χ1v) is 13.5. The molecule has 5 rings (SSSR count). The first kappa shape index (κ1) is 23.6. The van der Waals surface area contributed by atoms with Gasteiger partial charge >= 0.3 is 0 Å². The Morgan fingerprint density at radius 1 is 1.18 bits per heavy atom. The highest BCUT2D eigenvalue weighted by Gasteiger charge is 2.55. The number of aliphatic hydroxyl groups is 1. The number of aromatic nitrogens is 1. The summed E-state index contributed by atoms with van der Waals surface area (Å²) in [6.45, 7) is 3.78. The van der Waals surface area contributed by atoms with Crippen LogP contribution in [0, 0.1) is 0 Å². The third kappa shape index (κ3) is 3.63. The number of nitrogens with zero attached hydrogens (tertiary/aromatic N) is 3. The van der Waals surface area contributed by atoms with E-state index in [9.17, 15) is 13.5 Å². The minimum atomic E-state index is -3.28. The van der Waals surface area contributed by atoms with Crippen LogP contribution in [0.15, 0.2) is 42.5 Å². The van der Waals surface area contributed by atoms with Crippen molar-refractivity contribution in [1.82, 2.24) is 13.8 Å². The van der Waals surface area contributed by atoms with Gasteiger partial charge in [0, 0.05) is 60.8 Å². The molecule has 1 aromatic heterocycles. The van der Waals surface area contributed by atoms with Crippen LogP contribution in [-0.4, -0.2) is 66.4 Å². The van der Waals surface area contributed by atoms with Crippen LogP contribution in [0.1, 0.15) is 29.8 Å². The first-order chi connectivity index (χ1) is 16.2. The number of sulfonamides is 1. The number of halogens is 1. The van der Waals surface area contributed by atoms with Gasteiger partial charge in [-0.1, -0.05) is 23.7 Å². The Hall–Kier alpha value is -2.10. The van der Waals surface area contributed by atoms with Crippen LogP contribution in [0.5, 0.6) is 5.75 Å². The summed E-state index contributed by atoms with van der Waals surface area (Å²) < 4.78 is 34.5. The number of aliphatic hydroxyl groups excluding tert-OH is 1. The molecule has 2 aromatic carbocycles. The van der Waals surface area contributed by atoms with E-state index in [0.29, 0.717) is 31.2 Å². The standard InChI is InChI=1S/C25H30ClN3O4S/c1-4-34(31,32)29-15-25(16-29)14-28(12-17-6-5-7-18(26)10-17)22(13-30)24-23(25)20-9-8-19(33-3)11-21(20)27(24)2/h5-11,22,30H,4,12-16H2,1-3H3/t22-/m0/s1. The number of aryl methyl sites for hydroxylation is 1. The van der Waals surface area contributed by atoms with Gasteiger partial charge in [0.2, 0.25) is 10.0 Å². The van der Waals surface area contributed by atoms with Crippen LogP contribution in [0.4, 0.5) is 0 Å². The van der Waals surface area contributed by atoms with E-state index in [4.69, 9.17) is 16.3 Å². The normalized spacial score (nSPS) is 20.4. The fourth-order valence-corrected chi connectivity index (χ4v) is 7.23. The SMILES string of the molecule is CCS(=O)(=O)N1CC2(CN(Cc3cccc(Cl)c3)[C@@H](CO)c3c2c2ccc(OC)cc2n3C)C1. The summed E-state index contributed by atoms with van der Waals surface area (Å²) in [6, 6.07) is 13.5. The number of rotatable bonds is 6. The molecule has 0 radical (unpaired) electrons. The third-order valence-electron chi connectivity index (χ3n) is 7.41. The van der Waals surface area contributed by atoms with Crippen molar-refractivity contribution in [3.63, 3.8) is 0 Å². The van der Waals surface area contributed by atoms with Gasteiger partial charge in [0.1, 0.15) is 5.75 Å². The largest absolute Gasteiger partial charge is 0.497 e. The lowest BCUT2D eigenvalue weighted by Gasteiger charge is -2.55. The predicted molar refractivity (Wildman–Crippen MR) is 134 cm³/mol. The van der Waals surface area contributed by atoms with Gasteiger partial charge in [-0.3, -0.25) is 4.90 Å². The Kier molecular flexibility index (Phi) is 5.93. The zero-order chi connectivity index (χ0) is 24.3. The summed E-state index contributed by atoms with van der Waals surface area (Å²) in [4.78, 5) is 2.26. The van der Waals surface area contributed by atoms with Crippen LogP contribution < -0.4 is 4.74 Å². The van der Waals surface area contributed by atoms with Crippen molar-refractivity contribution in [2.45, 2.75) is 24.9 Å². The molecule has 182 valence electrons. The minimum absolute atomic E-state index is 0.0398. The van der Waals surface area contributed by atoms with Gasteiger partial charge in [0.25, 0.3) is 0 Å². The Balaban J connectivity index is 1.66. The minimum Gasteiger partial charge on any atom is -0.497 e. The summed E-state index contributed by atoms with van der Waals surface area (Å²) in [5.41, 5.74) is 3.91. The van der Waals surface area contributed by atoms with Crippen LogP contribution >= 0.6 is 11.6 Å². The second-order valence-corrected chi connectivity index (χ2v) is 12.1.